The molecule has 0 saturated carbocycles. The summed E-state index contributed by atoms with van der Waals surface area (Å²) in [6.07, 6.45) is -4.32. The van der Waals surface area contributed by atoms with Crippen molar-refractivity contribution in [3.63, 3.8) is 0 Å². The van der Waals surface area contributed by atoms with Crippen LogP contribution in [0.1, 0.15) is 25.0 Å². The third-order valence-corrected chi connectivity index (χ3v) is 3.17. The van der Waals surface area contributed by atoms with Crippen LogP contribution in [-0.4, -0.2) is 23.8 Å². The Balaban J connectivity index is 2.78. The van der Waals surface area contributed by atoms with E-state index < -0.39 is 11.7 Å². The predicted octanol–water partition coefficient (Wildman–Crippen LogP) is 3.10. The minimum Gasteiger partial charge on any atom is -0.387 e. The van der Waals surface area contributed by atoms with Crippen molar-refractivity contribution in [2.24, 2.45) is 11.7 Å². The van der Waals surface area contributed by atoms with Crippen LogP contribution in [0.2, 0.25) is 0 Å². The summed E-state index contributed by atoms with van der Waals surface area (Å²) in [4.78, 5) is 1.97. The van der Waals surface area contributed by atoms with Gasteiger partial charge in [-0.05, 0) is 18.2 Å². The molecule has 1 aromatic carbocycles. The number of halogens is 3. The normalized spacial score (nSPS) is 13.5. The Labute approximate surface area is 117 Å². The van der Waals surface area contributed by atoms with E-state index >= 15 is 0 Å². The molecule has 1 rings (SSSR count). The maximum absolute atomic E-state index is 12.6. The van der Waals surface area contributed by atoms with E-state index in [0.717, 1.165) is 6.07 Å². The first-order valence-electron chi connectivity index (χ1n) is 6.46. The zero-order chi connectivity index (χ0) is 15.3. The lowest BCUT2D eigenvalue weighted by molar-refractivity contribution is -0.137. The first-order valence-corrected chi connectivity index (χ1v) is 6.46. The second-order valence-corrected chi connectivity index (χ2v) is 4.88. The first-order chi connectivity index (χ1) is 9.24. The number of hydrogen-bond acceptors (Lipinski definition) is 2. The second-order valence-electron chi connectivity index (χ2n) is 4.88. The van der Waals surface area contributed by atoms with Crippen molar-refractivity contribution in [1.82, 2.24) is 4.90 Å². The first kappa shape index (κ1) is 16.5. The molecule has 0 bridgehead atoms. The molecule has 20 heavy (non-hydrogen) atoms. The Morgan fingerprint density at radius 3 is 2.55 bits per heavy atom. The van der Waals surface area contributed by atoms with E-state index in [4.69, 9.17) is 11.1 Å². The van der Waals surface area contributed by atoms with Crippen molar-refractivity contribution in [2.75, 3.05) is 13.1 Å². The molecule has 0 aliphatic heterocycles. The highest BCUT2D eigenvalue weighted by molar-refractivity contribution is 5.79. The number of nitrogens with zero attached hydrogens (tertiary/aromatic N) is 1. The fourth-order valence-electron chi connectivity index (χ4n) is 1.90. The molecular formula is C14H20F3N3. The fraction of sp³-hybridized carbons (Fsp3) is 0.500. The maximum Gasteiger partial charge on any atom is 0.416 e. The van der Waals surface area contributed by atoms with Gasteiger partial charge in [0.15, 0.2) is 0 Å². The van der Waals surface area contributed by atoms with E-state index in [2.05, 4.69) is 0 Å². The molecule has 0 aliphatic carbocycles. The third-order valence-electron chi connectivity index (χ3n) is 3.17. The molecule has 0 saturated heterocycles. The molecule has 0 fully saturated rings. The van der Waals surface area contributed by atoms with Crippen molar-refractivity contribution >= 4 is 5.84 Å². The van der Waals surface area contributed by atoms with Gasteiger partial charge in [-0.15, -0.1) is 0 Å². The van der Waals surface area contributed by atoms with Crippen molar-refractivity contribution < 1.29 is 13.2 Å². The largest absolute Gasteiger partial charge is 0.416 e. The van der Waals surface area contributed by atoms with E-state index in [9.17, 15) is 13.2 Å². The van der Waals surface area contributed by atoms with Gasteiger partial charge in [0.05, 0.1) is 11.4 Å². The van der Waals surface area contributed by atoms with Crippen molar-refractivity contribution in [1.29, 1.82) is 5.41 Å². The van der Waals surface area contributed by atoms with Gasteiger partial charge in [-0.3, -0.25) is 10.3 Å². The Kier molecular flexibility index (Phi) is 5.56. The van der Waals surface area contributed by atoms with E-state index in [1.54, 1.807) is 6.07 Å². The number of nitrogens with two attached hydrogens (primary N) is 1. The smallest absolute Gasteiger partial charge is 0.387 e. The number of amidine groups is 1. The summed E-state index contributed by atoms with van der Waals surface area (Å²) < 4.78 is 37.9. The standard InChI is InChI=1S/C14H20F3N3/c1-3-20(8-10(2)13(18)19)9-11-5-4-6-12(7-11)14(15,16)17/h4-7,10H,3,8-9H2,1-2H3,(H3,18,19). The Hall–Kier alpha value is -1.56. The van der Waals surface area contributed by atoms with Crippen LogP contribution in [0.4, 0.5) is 13.2 Å². The maximum atomic E-state index is 12.6. The molecule has 0 spiro atoms. The number of hydrogen-bond donors (Lipinski definition) is 2. The molecule has 112 valence electrons. The van der Waals surface area contributed by atoms with Crippen LogP contribution in [0.3, 0.4) is 0 Å². The van der Waals surface area contributed by atoms with Gasteiger partial charge in [-0.25, -0.2) is 0 Å². The topological polar surface area (TPSA) is 53.1 Å². The molecule has 3 N–H and O–H groups in total. The monoisotopic (exact) mass is 287 g/mol. The molecule has 1 atom stereocenters. The predicted molar refractivity (Wildman–Crippen MR) is 73.5 cm³/mol. The molecular weight excluding hydrogens is 267 g/mol. The van der Waals surface area contributed by atoms with Gasteiger partial charge in [0, 0.05) is 19.0 Å². The van der Waals surface area contributed by atoms with Crippen LogP contribution in [0, 0.1) is 11.3 Å². The van der Waals surface area contributed by atoms with Crippen LogP contribution in [0.5, 0.6) is 0 Å². The summed E-state index contributed by atoms with van der Waals surface area (Å²) in [6.45, 7) is 5.42. The summed E-state index contributed by atoms with van der Waals surface area (Å²) in [5, 5.41) is 7.37. The van der Waals surface area contributed by atoms with Crippen molar-refractivity contribution in [3.05, 3.63) is 35.4 Å². The summed E-state index contributed by atoms with van der Waals surface area (Å²) in [7, 11) is 0. The van der Waals surface area contributed by atoms with E-state index in [1.165, 1.54) is 12.1 Å². The SMILES string of the molecule is CCN(Cc1cccc(C(F)(F)F)c1)CC(C)C(=N)N. The number of rotatable bonds is 6. The van der Waals surface area contributed by atoms with Gasteiger partial charge in [-0.1, -0.05) is 32.0 Å². The Morgan fingerprint density at radius 1 is 1.40 bits per heavy atom. The number of nitrogens with one attached hydrogen (secondary N) is 1. The van der Waals surface area contributed by atoms with Crippen LogP contribution in [0.25, 0.3) is 0 Å². The van der Waals surface area contributed by atoms with E-state index in [0.29, 0.717) is 25.2 Å². The fourth-order valence-corrected chi connectivity index (χ4v) is 1.90. The Morgan fingerprint density at radius 2 is 2.05 bits per heavy atom. The molecule has 0 amide bonds. The minimum absolute atomic E-state index is 0.0903. The van der Waals surface area contributed by atoms with E-state index in [1.807, 2.05) is 18.7 Å². The average Bonchev–Trinajstić information content (AvgIpc) is 2.37. The second kappa shape index (κ2) is 6.74. The quantitative estimate of drug-likeness (QED) is 0.624. The highest BCUT2D eigenvalue weighted by Crippen LogP contribution is 2.29. The number of alkyl halides is 3. The highest BCUT2D eigenvalue weighted by atomic mass is 19.4. The lowest BCUT2D eigenvalue weighted by atomic mass is 10.1. The van der Waals surface area contributed by atoms with Crippen LogP contribution in [-0.2, 0) is 12.7 Å². The average molecular weight is 287 g/mol. The summed E-state index contributed by atoms with van der Waals surface area (Å²) >= 11 is 0. The molecule has 0 heterocycles. The van der Waals surface area contributed by atoms with Crippen LogP contribution >= 0.6 is 0 Å². The minimum atomic E-state index is -4.32. The summed E-state index contributed by atoms with van der Waals surface area (Å²) in [5.74, 6) is -0.0201. The lowest BCUT2D eigenvalue weighted by Gasteiger charge is -2.24. The van der Waals surface area contributed by atoms with Gasteiger partial charge in [-0.2, -0.15) is 13.2 Å². The molecule has 1 aromatic rings. The van der Waals surface area contributed by atoms with Crippen LogP contribution in [0.15, 0.2) is 24.3 Å². The molecule has 0 aromatic heterocycles. The lowest BCUT2D eigenvalue weighted by Crippen LogP contribution is -2.34. The zero-order valence-corrected chi connectivity index (χ0v) is 11.7. The van der Waals surface area contributed by atoms with Gasteiger partial charge >= 0.3 is 6.18 Å². The van der Waals surface area contributed by atoms with Crippen molar-refractivity contribution in [3.8, 4) is 0 Å². The number of benzene rings is 1. The molecule has 1 unspecified atom stereocenters. The van der Waals surface area contributed by atoms with Gasteiger partial charge in [0.1, 0.15) is 0 Å². The Bertz CT molecular complexity index is 457. The molecule has 0 aliphatic rings. The van der Waals surface area contributed by atoms with Crippen LogP contribution < -0.4 is 5.73 Å². The van der Waals surface area contributed by atoms with E-state index in [-0.39, 0.29) is 11.8 Å². The van der Waals surface area contributed by atoms with Gasteiger partial charge in [0.2, 0.25) is 0 Å². The van der Waals surface area contributed by atoms with Gasteiger partial charge in [0.25, 0.3) is 0 Å². The highest BCUT2D eigenvalue weighted by Gasteiger charge is 2.30. The molecule has 6 heteroatoms. The third kappa shape index (κ3) is 4.85. The van der Waals surface area contributed by atoms with Crippen molar-refractivity contribution in [2.45, 2.75) is 26.6 Å². The summed E-state index contributed by atoms with van der Waals surface area (Å²) in [6, 6.07) is 5.33. The molecule has 0 radical (unpaired) electrons. The molecule has 3 nitrogen and oxygen atoms in total. The summed E-state index contributed by atoms with van der Waals surface area (Å²) in [5.41, 5.74) is 5.40. The zero-order valence-electron chi connectivity index (χ0n) is 11.7. The van der Waals surface area contributed by atoms with Gasteiger partial charge < -0.3 is 5.73 Å².